The summed E-state index contributed by atoms with van der Waals surface area (Å²) in [5.41, 5.74) is 0.676. The van der Waals surface area contributed by atoms with Crippen molar-refractivity contribution in [2.45, 2.75) is 0 Å². The highest BCUT2D eigenvalue weighted by Crippen LogP contribution is 2.27. The smallest absolute Gasteiger partial charge is 0.190 e. The first-order valence-electron chi connectivity index (χ1n) is 4.16. The molecular formula is C10H7F2NO2. The standard InChI is InChI=1S/C10H7F2NO2/c1-14-10-7(11)4-6(5-8(10)12)9-2-3-15-13-9/h2-5H,1H3. The third-order valence-corrected chi connectivity index (χ3v) is 1.94. The van der Waals surface area contributed by atoms with Gasteiger partial charge in [0.1, 0.15) is 12.0 Å². The lowest BCUT2D eigenvalue weighted by Crippen LogP contribution is -1.93. The number of methoxy groups -OCH3 is 1. The molecule has 2 rings (SSSR count). The zero-order valence-electron chi connectivity index (χ0n) is 7.83. The van der Waals surface area contributed by atoms with Crippen molar-refractivity contribution >= 4 is 0 Å². The number of hydrogen-bond donors (Lipinski definition) is 0. The number of aromatic nitrogens is 1. The Balaban J connectivity index is 2.53. The van der Waals surface area contributed by atoms with E-state index < -0.39 is 17.4 Å². The number of benzene rings is 1. The summed E-state index contributed by atoms with van der Waals surface area (Å²) >= 11 is 0. The molecule has 1 aromatic carbocycles. The molecule has 0 atom stereocenters. The molecular weight excluding hydrogens is 204 g/mol. The summed E-state index contributed by atoms with van der Waals surface area (Å²) in [7, 11) is 1.21. The predicted octanol–water partition coefficient (Wildman–Crippen LogP) is 2.63. The van der Waals surface area contributed by atoms with Gasteiger partial charge in [-0.25, -0.2) is 8.78 Å². The number of nitrogens with zero attached hydrogens (tertiary/aromatic N) is 1. The van der Waals surface area contributed by atoms with Crippen LogP contribution in [0.1, 0.15) is 0 Å². The van der Waals surface area contributed by atoms with E-state index in [2.05, 4.69) is 14.4 Å². The summed E-state index contributed by atoms with van der Waals surface area (Å²) in [5, 5.41) is 3.58. The van der Waals surface area contributed by atoms with E-state index >= 15 is 0 Å². The Labute approximate surface area is 84.3 Å². The molecule has 1 aromatic heterocycles. The van der Waals surface area contributed by atoms with Crippen LogP contribution in [0.2, 0.25) is 0 Å². The third-order valence-electron chi connectivity index (χ3n) is 1.94. The van der Waals surface area contributed by atoms with Crippen LogP contribution in [0.5, 0.6) is 5.75 Å². The van der Waals surface area contributed by atoms with E-state index in [0.29, 0.717) is 11.3 Å². The van der Waals surface area contributed by atoms with Gasteiger partial charge in [-0.2, -0.15) is 0 Å². The fourth-order valence-corrected chi connectivity index (χ4v) is 1.26. The van der Waals surface area contributed by atoms with Crippen molar-refractivity contribution < 1.29 is 18.0 Å². The lowest BCUT2D eigenvalue weighted by atomic mass is 10.1. The second-order valence-electron chi connectivity index (χ2n) is 2.86. The maximum Gasteiger partial charge on any atom is 0.190 e. The van der Waals surface area contributed by atoms with Gasteiger partial charge in [0, 0.05) is 11.6 Å². The van der Waals surface area contributed by atoms with Gasteiger partial charge in [-0.3, -0.25) is 0 Å². The highest BCUT2D eigenvalue weighted by Gasteiger charge is 2.13. The summed E-state index contributed by atoms with van der Waals surface area (Å²) < 4.78 is 35.7. The van der Waals surface area contributed by atoms with Crippen LogP contribution < -0.4 is 4.74 Å². The number of hydrogen-bond acceptors (Lipinski definition) is 3. The van der Waals surface area contributed by atoms with Crippen LogP contribution in [0.15, 0.2) is 29.0 Å². The van der Waals surface area contributed by atoms with Crippen molar-refractivity contribution in [3.63, 3.8) is 0 Å². The van der Waals surface area contributed by atoms with E-state index in [4.69, 9.17) is 0 Å². The van der Waals surface area contributed by atoms with Crippen LogP contribution >= 0.6 is 0 Å². The second kappa shape index (κ2) is 3.68. The normalized spacial score (nSPS) is 10.3. The minimum atomic E-state index is -0.768. The first kappa shape index (κ1) is 9.64. The van der Waals surface area contributed by atoms with Gasteiger partial charge in [-0.05, 0) is 12.1 Å². The summed E-state index contributed by atoms with van der Waals surface area (Å²) in [6.45, 7) is 0. The molecule has 0 spiro atoms. The van der Waals surface area contributed by atoms with Crippen LogP contribution in [-0.4, -0.2) is 12.3 Å². The maximum atomic E-state index is 13.3. The lowest BCUT2D eigenvalue weighted by molar-refractivity contribution is 0.360. The minimum Gasteiger partial charge on any atom is -0.491 e. The largest absolute Gasteiger partial charge is 0.491 e. The molecule has 15 heavy (non-hydrogen) atoms. The molecule has 0 aliphatic rings. The van der Waals surface area contributed by atoms with E-state index in [1.807, 2.05) is 0 Å². The van der Waals surface area contributed by atoms with E-state index in [1.54, 1.807) is 0 Å². The Morgan fingerprint density at radius 1 is 1.27 bits per heavy atom. The molecule has 0 bridgehead atoms. The molecule has 0 fully saturated rings. The first-order valence-corrected chi connectivity index (χ1v) is 4.16. The summed E-state index contributed by atoms with van der Waals surface area (Å²) in [6, 6.07) is 3.79. The van der Waals surface area contributed by atoms with Gasteiger partial charge in [0.2, 0.25) is 0 Å². The van der Waals surface area contributed by atoms with Crippen LogP contribution in [0.3, 0.4) is 0 Å². The summed E-state index contributed by atoms with van der Waals surface area (Å²) in [5.74, 6) is -1.94. The van der Waals surface area contributed by atoms with Crippen molar-refractivity contribution in [3.05, 3.63) is 36.1 Å². The van der Waals surface area contributed by atoms with Crippen LogP contribution in [0.25, 0.3) is 11.3 Å². The van der Waals surface area contributed by atoms with Gasteiger partial charge in [0.05, 0.1) is 7.11 Å². The monoisotopic (exact) mass is 211 g/mol. The lowest BCUT2D eigenvalue weighted by Gasteiger charge is -2.04. The van der Waals surface area contributed by atoms with Crippen LogP contribution in [-0.2, 0) is 0 Å². The molecule has 2 aromatic rings. The molecule has 78 valence electrons. The number of rotatable bonds is 2. The molecule has 0 radical (unpaired) electrons. The molecule has 0 saturated carbocycles. The van der Waals surface area contributed by atoms with Crippen molar-refractivity contribution in [1.82, 2.24) is 5.16 Å². The van der Waals surface area contributed by atoms with E-state index in [-0.39, 0.29) is 0 Å². The van der Waals surface area contributed by atoms with Gasteiger partial charge in [-0.1, -0.05) is 5.16 Å². The van der Waals surface area contributed by atoms with E-state index in [1.165, 1.54) is 19.4 Å². The van der Waals surface area contributed by atoms with Crippen molar-refractivity contribution in [2.24, 2.45) is 0 Å². The molecule has 5 heteroatoms. The van der Waals surface area contributed by atoms with Crippen LogP contribution in [0.4, 0.5) is 8.78 Å². The zero-order chi connectivity index (χ0) is 10.8. The summed E-state index contributed by atoms with van der Waals surface area (Å²) in [4.78, 5) is 0. The summed E-state index contributed by atoms with van der Waals surface area (Å²) in [6.07, 6.45) is 1.33. The molecule has 0 amide bonds. The van der Waals surface area contributed by atoms with Crippen molar-refractivity contribution in [3.8, 4) is 17.0 Å². The average Bonchev–Trinajstić information content (AvgIpc) is 2.69. The number of halogens is 2. The maximum absolute atomic E-state index is 13.3. The fraction of sp³-hybridized carbons (Fsp3) is 0.100. The zero-order valence-corrected chi connectivity index (χ0v) is 7.83. The SMILES string of the molecule is COc1c(F)cc(-c2ccon2)cc1F. The quantitative estimate of drug-likeness (QED) is 0.765. The molecule has 0 unspecified atom stereocenters. The van der Waals surface area contributed by atoms with E-state index in [0.717, 1.165) is 12.1 Å². The van der Waals surface area contributed by atoms with Gasteiger partial charge in [-0.15, -0.1) is 0 Å². The Hall–Kier alpha value is -1.91. The topological polar surface area (TPSA) is 35.3 Å². The molecule has 1 heterocycles. The molecule has 0 aliphatic carbocycles. The number of ether oxygens (including phenoxy) is 1. The van der Waals surface area contributed by atoms with Crippen molar-refractivity contribution in [1.29, 1.82) is 0 Å². The Bertz CT molecular complexity index is 445. The third kappa shape index (κ3) is 1.68. The van der Waals surface area contributed by atoms with Gasteiger partial charge in [0.15, 0.2) is 17.4 Å². The first-order chi connectivity index (χ1) is 7.22. The molecule has 0 aliphatic heterocycles. The van der Waals surface area contributed by atoms with Gasteiger partial charge < -0.3 is 9.26 Å². The average molecular weight is 211 g/mol. The highest BCUT2D eigenvalue weighted by molar-refractivity contribution is 5.59. The highest BCUT2D eigenvalue weighted by atomic mass is 19.1. The van der Waals surface area contributed by atoms with E-state index in [9.17, 15) is 8.78 Å². The van der Waals surface area contributed by atoms with Gasteiger partial charge in [0.25, 0.3) is 0 Å². The Morgan fingerprint density at radius 3 is 2.40 bits per heavy atom. The van der Waals surface area contributed by atoms with Crippen molar-refractivity contribution in [2.75, 3.05) is 7.11 Å². The molecule has 0 saturated heterocycles. The predicted molar refractivity (Wildman–Crippen MR) is 48.4 cm³/mol. The fourth-order valence-electron chi connectivity index (χ4n) is 1.26. The molecule has 0 N–H and O–H groups in total. The van der Waals surface area contributed by atoms with Gasteiger partial charge >= 0.3 is 0 Å². The second-order valence-corrected chi connectivity index (χ2v) is 2.86. The van der Waals surface area contributed by atoms with Crippen LogP contribution in [0, 0.1) is 11.6 Å². The molecule has 3 nitrogen and oxygen atoms in total. The Morgan fingerprint density at radius 2 is 1.93 bits per heavy atom. The minimum absolute atomic E-state index is 0.305. The Kier molecular flexibility index (Phi) is 2.37.